The van der Waals surface area contributed by atoms with Gasteiger partial charge in [0.2, 0.25) is 5.91 Å². The number of nitrogens with two attached hydrogens (primary N) is 2. The zero-order chi connectivity index (χ0) is 21.5. The van der Waals surface area contributed by atoms with Crippen LogP contribution in [0.1, 0.15) is 64.2 Å². The van der Waals surface area contributed by atoms with Crippen LogP contribution in [0.15, 0.2) is 18.2 Å². The third-order valence-electron chi connectivity index (χ3n) is 4.17. The van der Waals surface area contributed by atoms with Crippen LogP contribution < -0.4 is 26.8 Å². The summed E-state index contributed by atoms with van der Waals surface area (Å²) in [4.78, 5) is 25.5. The summed E-state index contributed by atoms with van der Waals surface area (Å²) in [6, 6.07) is 4.63. The Balaban J connectivity index is 3.05. The van der Waals surface area contributed by atoms with Crippen LogP contribution in [0.2, 0.25) is 0 Å². The highest BCUT2D eigenvalue weighted by Gasteiger charge is 2.28. The number of benzene rings is 1. The minimum absolute atomic E-state index is 0.150. The molecule has 1 unspecified atom stereocenters. The topological polar surface area (TPSA) is 119 Å². The number of ketones is 1. The smallest absolute Gasteiger partial charge is 0.241 e. The Labute approximate surface area is 168 Å². The van der Waals surface area contributed by atoms with Gasteiger partial charge in [0, 0.05) is 11.2 Å². The van der Waals surface area contributed by atoms with Gasteiger partial charge in [0.25, 0.3) is 0 Å². The molecule has 7 heteroatoms. The minimum Gasteiger partial charge on any atom is -0.496 e. The van der Waals surface area contributed by atoms with Gasteiger partial charge in [-0.1, -0.05) is 6.42 Å². The molecule has 1 aromatic carbocycles. The van der Waals surface area contributed by atoms with E-state index in [9.17, 15) is 9.59 Å². The highest BCUT2D eigenvalue weighted by Crippen LogP contribution is 2.26. The maximum Gasteiger partial charge on any atom is 0.241 e. The number of nitrogens with one attached hydrogen (secondary N) is 2. The summed E-state index contributed by atoms with van der Waals surface area (Å²) < 4.78 is 5.29. The SMILES string of the molecule is COc1ccc(NC(=O)C(CCCCN)NC(C)(C)C)cc1C(=O)C(C)(C)N. The Morgan fingerprint density at radius 3 is 2.29 bits per heavy atom. The fourth-order valence-electron chi connectivity index (χ4n) is 2.82. The molecule has 0 aliphatic carbocycles. The molecule has 0 radical (unpaired) electrons. The highest BCUT2D eigenvalue weighted by atomic mass is 16.5. The van der Waals surface area contributed by atoms with E-state index < -0.39 is 5.54 Å². The number of anilines is 1. The first-order valence-electron chi connectivity index (χ1n) is 9.69. The first-order valence-corrected chi connectivity index (χ1v) is 9.69. The number of rotatable bonds is 10. The van der Waals surface area contributed by atoms with Gasteiger partial charge in [-0.3, -0.25) is 9.59 Å². The van der Waals surface area contributed by atoms with E-state index in [0.29, 0.717) is 30.0 Å². The summed E-state index contributed by atoms with van der Waals surface area (Å²) >= 11 is 0. The molecule has 1 rings (SSSR count). The fraction of sp³-hybridized carbons (Fsp3) is 0.619. The van der Waals surface area contributed by atoms with Crippen LogP contribution in [0.4, 0.5) is 5.69 Å². The summed E-state index contributed by atoms with van der Waals surface area (Å²) in [7, 11) is 1.49. The Bertz CT molecular complexity index is 675. The molecule has 0 aliphatic rings. The molecule has 0 spiro atoms. The number of unbranched alkanes of at least 4 members (excludes halogenated alkanes) is 1. The van der Waals surface area contributed by atoms with E-state index in [-0.39, 0.29) is 23.3 Å². The van der Waals surface area contributed by atoms with Gasteiger partial charge in [-0.05, 0) is 72.2 Å². The monoisotopic (exact) mass is 392 g/mol. The molecular weight excluding hydrogens is 356 g/mol. The molecule has 158 valence electrons. The maximum atomic E-state index is 12.9. The number of carbonyl (C=O) groups excluding carboxylic acids is 2. The quantitative estimate of drug-likeness (QED) is 0.359. The van der Waals surface area contributed by atoms with E-state index in [0.717, 1.165) is 12.8 Å². The number of hydrogen-bond acceptors (Lipinski definition) is 6. The minimum atomic E-state index is -1.05. The predicted molar refractivity (Wildman–Crippen MR) is 114 cm³/mol. The molecule has 1 amide bonds. The zero-order valence-electron chi connectivity index (χ0n) is 18.0. The van der Waals surface area contributed by atoms with Crippen LogP contribution in [-0.2, 0) is 4.79 Å². The van der Waals surface area contributed by atoms with E-state index >= 15 is 0 Å². The first-order chi connectivity index (χ1) is 12.9. The number of carbonyl (C=O) groups is 2. The summed E-state index contributed by atoms with van der Waals surface area (Å²) in [5, 5.41) is 6.26. The summed E-state index contributed by atoms with van der Waals surface area (Å²) in [5.41, 5.74) is 11.1. The maximum absolute atomic E-state index is 12.9. The van der Waals surface area contributed by atoms with Crippen molar-refractivity contribution in [2.75, 3.05) is 19.0 Å². The fourth-order valence-corrected chi connectivity index (χ4v) is 2.82. The number of Topliss-reactive ketones (excluding diaryl/α,β-unsaturated/α-hetero) is 1. The van der Waals surface area contributed by atoms with Crippen molar-refractivity contribution in [3.8, 4) is 5.75 Å². The number of amides is 1. The van der Waals surface area contributed by atoms with E-state index in [1.807, 2.05) is 20.8 Å². The van der Waals surface area contributed by atoms with E-state index in [1.54, 1.807) is 32.0 Å². The van der Waals surface area contributed by atoms with Gasteiger partial charge in [0.1, 0.15) is 5.75 Å². The molecule has 0 bridgehead atoms. The van der Waals surface area contributed by atoms with Gasteiger partial charge < -0.3 is 26.8 Å². The molecular formula is C21H36N4O3. The number of ether oxygens (including phenoxy) is 1. The van der Waals surface area contributed by atoms with Crippen molar-refractivity contribution in [2.45, 2.75) is 71.0 Å². The molecule has 0 aliphatic heterocycles. The van der Waals surface area contributed by atoms with Crippen LogP contribution in [-0.4, -0.2) is 42.5 Å². The van der Waals surface area contributed by atoms with Crippen LogP contribution in [0.25, 0.3) is 0 Å². The molecule has 28 heavy (non-hydrogen) atoms. The average molecular weight is 393 g/mol. The molecule has 7 nitrogen and oxygen atoms in total. The molecule has 1 aromatic rings. The van der Waals surface area contributed by atoms with Gasteiger partial charge in [0.05, 0.1) is 24.3 Å². The van der Waals surface area contributed by atoms with Gasteiger partial charge in [-0.25, -0.2) is 0 Å². The lowest BCUT2D eigenvalue weighted by molar-refractivity contribution is -0.118. The third kappa shape index (κ3) is 7.58. The second kappa shape index (κ2) is 10.0. The van der Waals surface area contributed by atoms with E-state index in [2.05, 4.69) is 10.6 Å². The lowest BCUT2D eigenvalue weighted by atomic mass is 9.93. The van der Waals surface area contributed by atoms with Crippen molar-refractivity contribution < 1.29 is 14.3 Å². The highest BCUT2D eigenvalue weighted by molar-refractivity contribution is 6.06. The standard InChI is InChI=1S/C21H36N4O3/c1-20(2,3)25-16(9-7-8-12-22)19(27)24-14-10-11-17(28-6)15(13-14)18(26)21(4,5)23/h10-11,13,16,25H,7-9,12,22-23H2,1-6H3,(H,24,27). The lowest BCUT2D eigenvalue weighted by Crippen LogP contribution is -2.49. The van der Waals surface area contributed by atoms with E-state index in [1.165, 1.54) is 7.11 Å². The van der Waals surface area contributed by atoms with Crippen LogP contribution in [0, 0.1) is 0 Å². The average Bonchev–Trinajstić information content (AvgIpc) is 2.58. The van der Waals surface area contributed by atoms with Gasteiger partial charge in [-0.15, -0.1) is 0 Å². The Morgan fingerprint density at radius 1 is 1.14 bits per heavy atom. The second-order valence-electron chi connectivity index (χ2n) is 8.69. The predicted octanol–water partition coefficient (Wildman–Crippen LogP) is 2.44. The lowest BCUT2D eigenvalue weighted by Gasteiger charge is -2.28. The Kier molecular flexibility index (Phi) is 8.60. The van der Waals surface area contributed by atoms with Gasteiger partial charge in [-0.2, -0.15) is 0 Å². The molecule has 0 saturated heterocycles. The van der Waals surface area contributed by atoms with Crippen molar-refractivity contribution in [3.05, 3.63) is 23.8 Å². The van der Waals surface area contributed by atoms with E-state index in [4.69, 9.17) is 16.2 Å². The summed E-state index contributed by atoms with van der Waals surface area (Å²) in [6.07, 6.45) is 2.39. The molecule has 1 atom stereocenters. The normalized spacial score (nSPS) is 13.1. The largest absolute Gasteiger partial charge is 0.496 e. The molecule has 0 heterocycles. The first kappa shape index (κ1) is 24.1. The van der Waals surface area contributed by atoms with Gasteiger partial charge >= 0.3 is 0 Å². The summed E-state index contributed by atoms with van der Waals surface area (Å²) in [6.45, 7) is 9.93. The van der Waals surface area contributed by atoms with Crippen molar-refractivity contribution in [1.82, 2.24) is 5.32 Å². The van der Waals surface area contributed by atoms with Crippen molar-refractivity contribution in [2.24, 2.45) is 11.5 Å². The molecule has 0 saturated carbocycles. The second-order valence-corrected chi connectivity index (χ2v) is 8.69. The van der Waals surface area contributed by atoms with Crippen LogP contribution in [0.5, 0.6) is 5.75 Å². The third-order valence-corrected chi connectivity index (χ3v) is 4.17. The van der Waals surface area contributed by atoms with Gasteiger partial charge in [0.15, 0.2) is 5.78 Å². The van der Waals surface area contributed by atoms with Crippen molar-refractivity contribution in [3.63, 3.8) is 0 Å². The molecule has 0 aromatic heterocycles. The molecule has 6 N–H and O–H groups in total. The Hall–Kier alpha value is -1.96. The van der Waals surface area contributed by atoms with Crippen molar-refractivity contribution in [1.29, 1.82) is 0 Å². The van der Waals surface area contributed by atoms with Crippen LogP contribution >= 0.6 is 0 Å². The molecule has 0 fully saturated rings. The number of hydrogen-bond donors (Lipinski definition) is 4. The number of methoxy groups -OCH3 is 1. The van der Waals surface area contributed by atoms with Crippen molar-refractivity contribution >= 4 is 17.4 Å². The summed E-state index contributed by atoms with van der Waals surface area (Å²) in [5.74, 6) is 0.0177. The zero-order valence-corrected chi connectivity index (χ0v) is 18.0. The Morgan fingerprint density at radius 2 is 1.79 bits per heavy atom. The van der Waals surface area contributed by atoms with Crippen LogP contribution in [0.3, 0.4) is 0 Å².